The van der Waals surface area contributed by atoms with E-state index >= 15 is 4.39 Å². The smallest absolute Gasteiger partial charge is 0.255 e. The van der Waals surface area contributed by atoms with Crippen LogP contribution < -0.4 is 14.8 Å². The van der Waals surface area contributed by atoms with Gasteiger partial charge in [0.2, 0.25) is 10.0 Å². The summed E-state index contributed by atoms with van der Waals surface area (Å²) in [5.41, 5.74) is 2.65. The zero-order valence-electron chi connectivity index (χ0n) is 22.4. The van der Waals surface area contributed by atoms with E-state index < -0.39 is 21.7 Å². The van der Waals surface area contributed by atoms with Crippen LogP contribution in [0.5, 0.6) is 5.75 Å². The summed E-state index contributed by atoms with van der Waals surface area (Å²) in [5.74, 6) is -1.12. The first-order valence-corrected chi connectivity index (χ1v) is 13.8. The SMILES string of the molecule is COc1c(NC(=O)c2cc(F)c(C)c(-n3cc(-c4cccnc4)nn3)c2)cc(C(C)(C)C)cc1NS(C)(=O)=O. The molecule has 39 heavy (non-hydrogen) atoms. The average Bonchev–Trinajstić information content (AvgIpc) is 3.34. The maximum atomic E-state index is 15.0. The second kappa shape index (κ2) is 10.4. The molecular weight excluding hydrogens is 523 g/mol. The van der Waals surface area contributed by atoms with E-state index in [4.69, 9.17) is 4.74 Å². The van der Waals surface area contributed by atoms with Crippen LogP contribution in [0.15, 0.2) is 55.0 Å². The number of halogens is 1. The number of ether oxygens (including phenoxy) is 1. The third-order valence-corrected chi connectivity index (χ3v) is 6.57. The summed E-state index contributed by atoms with van der Waals surface area (Å²) in [5, 5.41) is 11.0. The van der Waals surface area contributed by atoms with Crippen LogP contribution in [0.2, 0.25) is 0 Å². The highest BCUT2D eigenvalue weighted by Gasteiger charge is 2.23. The summed E-state index contributed by atoms with van der Waals surface area (Å²) >= 11 is 0. The molecule has 4 rings (SSSR count). The first-order valence-electron chi connectivity index (χ1n) is 11.9. The minimum absolute atomic E-state index is 0.0207. The van der Waals surface area contributed by atoms with E-state index in [1.807, 2.05) is 26.8 Å². The quantitative estimate of drug-likeness (QED) is 0.340. The van der Waals surface area contributed by atoms with Gasteiger partial charge in [-0.3, -0.25) is 14.5 Å². The van der Waals surface area contributed by atoms with Gasteiger partial charge in [-0.05, 0) is 54.3 Å². The lowest BCUT2D eigenvalue weighted by atomic mass is 9.86. The van der Waals surface area contributed by atoms with E-state index in [1.165, 1.54) is 17.9 Å². The van der Waals surface area contributed by atoms with Crippen molar-refractivity contribution in [1.29, 1.82) is 0 Å². The average molecular weight is 553 g/mol. The molecule has 4 aromatic rings. The molecule has 204 valence electrons. The Morgan fingerprint density at radius 3 is 2.46 bits per heavy atom. The Kier molecular flexibility index (Phi) is 7.42. The van der Waals surface area contributed by atoms with E-state index in [0.29, 0.717) is 11.4 Å². The minimum Gasteiger partial charge on any atom is -0.492 e. The summed E-state index contributed by atoms with van der Waals surface area (Å²) in [6.07, 6.45) is 5.92. The number of benzene rings is 2. The summed E-state index contributed by atoms with van der Waals surface area (Å²) < 4.78 is 48.3. The van der Waals surface area contributed by atoms with Gasteiger partial charge in [0, 0.05) is 29.1 Å². The van der Waals surface area contributed by atoms with Gasteiger partial charge in [0.25, 0.3) is 5.91 Å². The number of rotatable bonds is 7. The van der Waals surface area contributed by atoms with Crippen LogP contribution in [0.25, 0.3) is 16.9 Å². The summed E-state index contributed by atoms with van der Waals surface area (Å²) in [7, 11) is -2.28. The molecule has 2 aromatic carbocycles. The van der Waals surface area contributed by atoms with Crippen molar-refractivity contribution in [2.75, 3.05) is 23.4 Å². The Hall–Kier alpha value is -4.32. The van der Waals surface area contributed by atoms with Gasteiger partial charge in [-0.25, -0.2) is 17.5 Å². The Labute approximate surface area is 226 Å². The molecule has 0 aliphatic carbocycles. The molecule has 2 heterocycles. The highest BCUT2D eigenvalue weighted by molar-refractivity contribution is 7.92. The lowest BCUT2D eigenvalue weighted by molar-refractivity contribution is 0.102. The lowest BCUT2D eigenvalue weighted by Gasteiger charge is -2.24. The second-order valence-electron chi connectivity index (χ2n) is 10.1. The van der Waals surface area contributed by atoms with Gasteiger partial charge in [-0.2, -0.15) is 0 Å². The molecule has 0 saturated heterocycles. The molecular formula is C27H29FN6O4S. The van der Waals surface area contributed by atoms with Crippen LogP contribution in [-0.4, -0.2) is 47.7 Å². The molecule has 0 aliphatic heterocycles. The highest BCUT2D eigenvalue weighted by atomic mass is 32.2. The minimum atomic E-state index is -3.65. The Morgan fingerprint density at radius 1 is 1.13 bits per heavy atom. The van der Waals surface area contributed by atoms with Crippen molar-refractivity contribution in [3.63, 3.8) is 0 Å². The van der Waals surface area contributed by atoms with E-state index in [-0.39, 0.29) is 33.7 Å². The number of carbonyl (C=O) groups excluding carboxylic acids is 1. The molecule has 0 unspecified atom stereocenters. The predicted octanol–water partition coefficient (Wildman–Crippen LogP) is 4.71. The molecule has 0 fully saturated rings. The van der Waals surface area contributed by atoms with Crippen molar-refractivity contribution in [1.82, 2.24) is 20.0 Å². The molecule has 2 N–H and O–H groups in total. The van der Waals surface area contributed by atoms with Gasteiger partial charge in [-0.15, -0.1) is 5.10 Å². The molecule has 0 spiro atoms. The molecule has 0 radical (unpaired) electrons. The maximum Gasteiger partial charge on any atom is 0.255 e. The first kappa shape index (κ1) is 27.7. The van der Waals surface area contributed by atoms with Crippen LogP contribution in [0, 0.1) is 12.7 Å². The normalized spacial score (nSPS) is 11.8. The van der Waals surface area contributed by atoms with Crippen molar-refractivity contribution >= 4 is 27.3 Å². The molecule has 10 nitrogen and oxygen atoms in total. The zero-order valence-corrected chi connectivity index (χ0v) is 23.2. The number of nitrogens with one attached hydrogen (secondary N) is 2. The van der Waals surface area contributed by atoms with E-state index in [0.717, 1.165) is 23.4 Å². The summed E-state index contributed by atoms with van der Waals surface area (Å²) in [6.45, 7) is 7.43. The molecule has 12 heteroatoms. The number of nitrogens with zero attached hydrogens (tertiary/aromatic N) is 4. The number of amides is 1. The van der Waals surface area contributed by atoms with Gasteiger partial charge in [0.1, 0.15) is 11.5 Å². The molecule has 1 amide bonds. The van der Waals surface area contributed by atoms with Gasteiger partial charge < -0.3 is 10.1 Å². The van der Waals surface area contributed by atoms with Crippen LogP contribution in [0.3, 0.4) is 0 Å². The van der Waals surface area contributed by atoms with Crippen LogP contribution in [0.1, 0.15) is 42.3 Å². The number of carbonyl (C=O) groups is 1. The van der Waals surface area contributed by atoms with Crippen molar-refractivity contribution in [3.8, 4) is 22.7 Å². The van der Waals surface area contributed by atoms with E-state index in [9.17, 15) is 13.2 Å². The standard InChI is InChI=1S/C27H29FN6O4S/c1-16-20(28)10-18(11-24(16)34-15-23(31-33-34)17-8-7-9-29-14-17)26(35)30-21-12-19(27(2,3)4)13-22(25(21)38-5)32-39(6,36)37/h7-15,32H,1-6H3,(H,30,35). The fourth-order valence-electron chi connectivity index (χ4n) is 3.91. The number of methoxy groups -OCH3 is 1. The highest BCUT2D eigenvalue weighted by Crippen LogP contribution is 2.39. The number of pyridine rings is 1. The van der Waals surface area contributed by atoms with Gasteiger partial charge >= 0.3 is 0 Å². The fourth-order valence-corrected chi connectivity index (χ4v) is 4.46. The van der Waals surface area contributed by atoms with Crippen LogP contribution >= 0.6 is 0 Å². The molecule has 0 aliphatic rings. The number of sulfonamides is 1. The molecule has 2 aromatic heterocycles. The van der Waals surface area contributed by atoms with Gasteiger partial charge in [0.05, 0.1) is 36.6 Å². The number of hydrogen-bond acceptors (Lipinski definition) is 7. The van der Waals surface area contributed by atoms with Crippen molar-refractivity contribution in [2.24, 2.45) is 0 Å². The van der Waals surface area contributed by atoms with Gasteiger partial charge in [0.15, 0.2) is 5.75 Å². The van der Waals surface area contributed by atoms with E-state index in [1.54, 1.807) is 43.7 Å². The number of hydrogen-bond donors (Lipinski definition) is 2. The van der Waals surface area contributed by atoms with Crippen molar-refractivity contribution in [3.05, 3.63) is 77.5 Å². The van der Waals surface area contributed by atoms with E-state index in [2.05, 4.69) is 25.3 Å². The van der Waals surface area contributed by atoms with Crippen molar-refractivity contribution < 1.29 is 22.3 Å². The fraction of sp³-hybridized carbons (Fsp3) is 0.259. The summed E-state index contributed by atoms with van der Waals surface area (Å²) in [6, 6.07) is 9.58. The largest absolute Gasteiger partial charge is 0.492 e. The zero-order chi connectivity index (χ0) is 28.5. The Balaban J connectivity index is 1.74. The number of anilines is 2. The third-order valence-electron chi connectivity index (χ3n) is 5.98. The molecule has 0 bridgehead atoms. The van der Waals surface area contributed by atoms with Crippen LogP contribution in [-0.2, 0) is 15.4 Å². The Morgan fingerprint density at radius 2 is 1.85 bits per heavy atom. The molecule has 0 atom stereocenters. The first-order chi connectivity index (χ1) is 18.3. The number of aromatic nitrogens is 4. The monoisotopic (exact) mass is 552 g/mol. The molecule has 0 saturated carbocycles. The van der Waals surface area contributed by atoms with Crippen molar-refractivity contribution in [2.45, 2.75) is 33.1 Å². The van der Waals surface area contributed by atoms with Gasteiger partial charge in [-0.1, -0.05) is 26.0 Å². The second-order valence-corrected chi connectivity index (χ2v) is 11.8. The lowest BCUT2D eigenvalue weighted by Crippen LogP contribution is -2.18. The Bertz CT molecular complexity index is 1650. The summed E-state index contributed by atoms with van der Waals surface area (Å²) in [4.78, 5) is 17.5. The maximum absolute atomic E-state index is 15.0. The predicted molar refractivity (Wildman–Crippen MR) is 147 cm³/mol. The third kappa shape index (κ3) is 6.23. The van der Waals surface area contributed by atoms with Crippen LogP contribution in [0.4, 0.5) is 15.8 Å². The topological polar surface area (TPSA) is 128 Å².